The number of para-hydroxylation sites is 1. The number of aliphatic hydroxyl groups excluding tert-OH is 1. The lowest BCUT2D eigenvalue weighted by molar-refractivity contribution is 0.162. The lowest BCUT2D eigenvalue weighted by Crippen LogP contribution is -2.11. The van der Waals surface area contributed by atoms with Crippen molar-refractivity contribution >= 4 is 0 Å². The zero-order valence-corrected chi connectivity index (χ0v) is 8.44. The van der Waals surface area contributed by atoms with Gasteiger partial charge in [-0.2, -0.15) is 0 Å². The third-order valence-corrected chi connectivity index (χ3v) is 3.02. The maximum Gasteiger partial charge on any atom is 0.122 e. The van der Waals surface area contributed by atoms with Gasteiger partial charge in [0.1, 0.15) is 5.75 Å². The average molecular weight is 192 g/mol. The molecule has 1 aromatic carbocycles. The molecule has 14 heavy (non-hydrogen) atoms. The summed E-state index contributed by atoms with van der Waals surface area (Å²) in [5, 5.41) is 9.81. The minimum absolute atomic E-state index is 0.189. The van der Waals surface area contributed by atoms with Crippen molar-refractivity contribution < 1.29 is 9.84 Å². The van der Waals surface area contributed by atoms with Crippen molar-refractivity contribution in [2.75, 3.05) is 7.11 Å². The van der Waals surface area contributed by atoms with Crippen LogP contribution >= 0.6 is 0 Å². The van der Waals surface area contributed by atoms with E-state index in [0.29, 0.717) is 0 Å². The minimum Gasteiger partial charge on any atom is -0.496 e. The molecule has 0 saturated heterocycles. The molecular formula is C12H16O2. The summed E-state index contributed by atoms with van der Waals surface area (Å²) in [7, 11) is 1.68. The summed E-state index contributed by atoms with van der Waals surface area (Å²) in [5.41, 5.74) is 1.15. The molecule has 1 aliphatic rings. The first-order valence-electron chi connectivity index (χ1n) is 5.14. The van der Waals surface area contributed by atoms with E-state index in [2.05, 4.69) is 6.07 Å². The first kappa shape index (κ1) is 9.53. The Balaban J connectivity index is 2.30. The number of aliphatic hydroxyl groups is 1. The van der Waals surface area contributed by atoms with Crippen molar-refractivity contribution in [3.63, 3.8) is 0 Å². The Kier molecular flexibility index (Phi) is 2.73. The monoisotopic (exact) mass is 192 g/mol. The van der Waals surface area contributed by atoms with Crippen LogP contribution < -0.4 is 4.74 Å². The summed E-state index contributed by atoms with van der Waals surface area (Å²) in [5.74, 6) is 1.17. The smallest absolute Gasteiger partial charge is 0.122 e. The number of benzene rings is 1. The van der Waals surface area contributed by atoms with Gasteiger partial charge in [0.2, 0.25) is 0 Å². The van der Waals surface area contributed by atoms with Crippen LogP contribution in [0.1, 0.15) is 30.7 Å². The molecule has 0 aromatic heterocycles. The predicted molar refractivity (Wildman–Crippen MR) is 55.6 cm³/mol. The molecule has 0 radical (unpaired) electrons. The largest absolute Gasteiger partial charge is 0.496 e. The van der Waals surface area contributed by atoms with Crippen molar-refractivity contribution in [2.45, 2.75) is 31.3 Å². The molecule has 2 atom stereocenters. The van der Waals surface area contributed by atoms with E-state index in [1.165, 1.54) is 0 Å². The summed E-state index contributed by atoms with van der Waals surface area (Å²) in [6.07, 6.45) is 2.92. The van der Waals surface area contributed by atoms with Gasteiger partial charge in [-0.25, -0.2) is 0 Å². The molecule has 76 valence electrons. The van der Waals surface area contributed by atoms with Crippen LogP contribution in [0, 0.1) is 0 Å². The van der Waals surface area contributed by atoms with E-state index in [-0.39, 0.29) is 12.0 Å². The number of ether oxygens (including phenoxy) is 1. The molecule has 2 heteroatoms. The molecule has 1 saturated carbocycles. The fourth-order valence-electron chi connectivity index (χ4n) is 2.28. The van der Waals surface area contributed by atoms with Crippen LogP contribution in [0.4, 0.5) is 0 Å². The Morgan fingerprint density at radius 3 is 2.71 bits per heavy atom. The van der Waals surface area contributed by atoms with Crippen molar-refractivity contribution in [3.8, 4) is 5.75 Å². The molecule has 0 heterocycles. The number of methoxy groups -OCH3 is 1. The van der Waals surface area contributed by atoms with Gasteiger partial charge in [0, 0.05) is 5.92 Å². The van der Waals surface area contributed by atoms with Gasteiger partial charge in [0.25, 0.3) is 0 Å². The molecule has 0 spiro atoms. The second kappa shape index (κ2) is 4.01. The summed E-state index contributed by atoms with van der Waals surface area (Å²) in [4.78, 5) is 0. The maximum atomic E-state index is 9.81. The molecule has 1 fully saturated rings. The van der Waals surface area contributed by atoms with E-state index < -0.39 is 0 Å². The molecule has 1 N–H and O–H groups in total. The Hall–Kier alpha value is -1.02. The summed E-state index contributed by atoms with van der Waals surface area (Å²) in [6.45, 7) is 0. The molecule has 0 unspecified atom stereocenters. The second-order valence-corrected chi connectivity index (χ2v) is 3.85. The van der Waals surface area contributed by atoms with Gasteiger partial charge in [-0.15, -0.1) is 0 Å². The predicted octanol–water partition coefficient (Wildman–Crippen LogP) is 2.32. The molecular weight excluding hydrogens is 176 g/mol. The van der Waals surface area contributed by atoms with Crippen molar-refractivity contribution in [3.05, 3.63) is 29.8 Å². The highest BCUT2D eigenvalue weighted by Crippen LogP contribution is 2.38. The maximum absolute atomic E-state index is 9.81. The third-order valence-electron chi connectivity index (χ3n) is 3.02. The van der Waals surface area contributed by atoms with Crippen LogP contribution in [0.25, 0.3) is 0 Å². The standard InChI is InChI=1S/C12H16O2/c1-14-12-8-3-2-5-10(12)9-6-4-7-11(9)13/h2-3,5,8-9,11,13H,4,6-7H2,1H3/t9-,11+/m1/s1. The van der Waals surface area contributed by atoms with Gasteiger partial charge >= 0.3 is 0 Å². The second-order valence-electron chi connectivity index (χ2n) is 3.85. The van der Waals surface area contributed by atoms with Crippen LogP contribution in [0.2, 0.25) is 0 Å². The van der Waals surface area contributed by atoms with Crippen LogP contribution in [0.3, 0.4) is 0 Å². The summed E-state index contributed by atoms with van der Waals surface area (Å²) in [6, 6.07) is 7.98. The lowest BCUT2D eigenvalue weighted by atomic mass is 9.95. The number of hydrogen-bond donors (Lipinski definition) is 1. The highest BCUT2D eigenvalue weighted by Gasteiger charge is 2.28. The molecule has 2 rings (SSSR count). The SMILES string of the molecule is COc1ccccc1[C@H]1CCC[C@@H]1O. The van der Waals surface area contributed by atoms with Gasteiger partial charge in [-0.3, -0.25) is 0 Å². The van der Waals surface area contributed by atoms with Crippen LogP contribution in [0.5, 0.6) is 5.75 Å². The van der Waals surface area contributed by atoms with Crippen molar-refractivity contribution in [1.29, 1.82) is 0 Å². The van der Waals surface area contributed by atoms with E-state index in [1.807, 2.05) is 18.2 Å². The average Bonchev–Trinajstić information content (AvgIpc) is 2.64. The first-order valence-corrected chi connectivity index (χ1v) is 5.14. The number of hydrogen-bond acceptors (Lipinski definition) is 2. The van der Waals surface area contributed by atoms with Gasteiger partial charge in [0.15, 0.2) is 0 Å². The molecule has 1 aliphatic carbocycles. The molecule has 0 aliphatic heterocycles. The Labute approximate surface area is 84.5 Å². The minimum atomic E-state index is -0.189. The molecule has 0 amide bonds. The van der Waals surface area contributed by atoms with Gasteiger partial charge in [-0.05, 0) is 24.5 Å². The molecule has 1 aromatic rings. The van der Waals surface area contributed by atoms with E-state index in [4.69, 9.17) is 4.74 Å². The van der Waals surface area contributed by atoms with E-state index in [0.717, 1.165) is 30.6 Å². The summed E-state index contributed by atoms with van der Waals surface area (Å²) >= 11 is 0. The highest BCUT2D eigenvalue weighted by molar-refractivity contribution is 5.37. The topological polar surface area (TPSA) is 29.5 Å². The zero-order chi connectivity index (χ0) is 9.97. The third kappa shape index (κ3) is 1.62. The van der Waals surface area contributed by atoms with E-state index in [9.17, 15) is 5.11 Å². The quantitative estimate of drug-likeness (QED) is 0.779. The van der Waals surface area contributed by atoms with Crippen molar-refractivity contribution in [1.82, 2.24) is 0 Å². The molecule has 0 bridgehead atoms. The Bertz CT molecular complexity index is 309. The fraction of sp³-hybridized carbons (Fsp3) is 0.500. The number of rotatable bonds is 2. The van der Waals surface area contributed by atoms with Gasteiger partial charge in [-0.1, -0.05) is 24.6 Å². The van der Waals surface area contributed by atoms with Crippen LogP contribution in [0.15, 0.2) is 24.3 Å². The highest BCUT2D eigenvalue weighted by atomic mass is 16.5. The molecule has 2 nitrogen and oxygen atoms in total. The van der Waals surface area contributed by atoms with Crippen LogP contribution in [-0.4, -0.2) is 18.3 Å². The Morgan fingerprint density at radius 1 is 1.29 bits per heavy atom. The Morgan fingerprint density at radius 2 is 2.07 bits per heavy atom. The summed E-state index contributed by atoms with van der Waals surface area (Å²) < 4.78 is 5.29. The van der Waals surface area contributed by atoms with Gasteiger partial charge < -0.3 is 9.84 Å². The van der Waals surface area contributed by atoms with Gasteiger partial charge in [0.05, 0.1) is 13.2 Å². The fourth-order valence-corrected chi connectivity index (χ4v) is 2.28. The van der Waals surface area contributed by atoms with E-state index in [1.54, 1.807) is 7.11 Å². The van der Waals surface area contributed by atoms with E-state index >= 15 is 0 Å². The van der Waals surface area contributed by atoms with Crippen LogP contribution in [-0.2, 0) is 0 Å². The zero-order valence-electron chi connectivity index (χ0n) is 8.44. The lowest BCUT2D eigenvalue weighted by Gasteiger charge is -2.17. The van der Waals surface area contributed by atoms with Crippen molar-refractivity contribution in [2.24, 2.45) is 0 Å². The first-order chi connectivity index (χ1) is 6.83. The normalized spacial score (nSPS) is 26.4.